The van der Waals surface area contributed by atoms with Gasteiger partial charge >= 0.3 is 12.0 Å². The van der Waals surface area contributed by atoms with Gasteiger partial charge in [0.25, 0.3) is 0 Å². The van der Waals surface area contributed by atoms with Crippen LogP contribution in [0.2, 0.25) is 0 Å². The first-order valence-corrected chi connectivity index (χ1v) is 5.97. The first-order valence-electron chi connectivity index (χ1n) is 5.97. The van der Waals surface area contributed by atoms with Crippen LogP contribution >= 0.6 is 0 Å². The third-order valence-corrected chi connectivity index (χ3v) is 2.34. The molecule has 0 aromatic heterocycles. The summed E-state index contributed by atoms with van der Waals surface area (Å²) in [5, 5.41) is 12.5. The molecule has 0 bridgehead atoms. The highest BCUT2D eigenvalue weighted by Crippen LogP contribution is 1.89. The lowest BCUT2D eigenvalue weighted by atomic mass is 10.3. The van der Waals surface area contributed by atoms with Gasteiger partial charge in [-0.05, 0) is 13.8 Å². The van der Waals surface area contributed by atoms with Crippen molar-refractivity contribution < 1.29 is 24.3 Å². The summed E-state index contributed by atoms with van der Waals surface area (Å²) in [6, 6.07) is -0.809. The minimum atomic E-state index is -1.12. The molecule has 8 nitrogen and oxygen atoms in total. The molecule has 0 aliphatic carbocycles. The molecule has 0 radical (unpaired) electrons. The Morgan fingerprint density at radius 1 is 1.05 bits per heavy atom. The summed E-state index contributed by atoms with van der Waals surface area (Å²) in [6.45, 7) is 4.50. The van der Waals surface area contributed by atoms with Crippen LogP contribution < -0.4 is 10.6 Å². The number of urea groups is 1. The minimum Gasteiger partial charge on any atom is -0.481 e. The molecule has 0 rings (SSSR count). The van der Waals surface area contributed by atoms with E-state index in [2.05, 4.69) is 5.32 Å². The highest BCUT2D eigenvalue weighted by Gasteiger charge is 2.13. The van der Waals surface area contributed by atoms with E-state index in [1.807, 2.05) is 19.2 Å². The molecular formula is C11H19N3O5. The second kappa shape index (κ2) is 8.90. The number of carbonyl (C=O) groups is 4. The normalized spacial score (nSPS) is 9.58. The van der Waals surface area contributed by atoms with E-state index in [4.69, 9.17) is 5.11 Å². The Labute approximate surface area is 111 Å². The van der Waals surface area contributed by atoms with Gasteiger partial charge in [0.15, 0.2) is 0 Å². The molecular weight excluding hydrogens is 254 g/mol. The molecule has 0 saturated carbocycles. The number of carboxylic acids is 1. The number of nitrogens with zero attached hydrogens (tertiary/aromatic N) is 1. The number of amides is 4. The van der Waals surface area contributed by atoms with Crippen LogP contribution in [-0.2, 0) is 14.4 Å². The minimum absolute atomic E-state index is 0.209. The molecule has 0 aromatic carbocycles. The van der Waals surface area contributed by atoms with Crippen LogP contribution in [0.15, 0.2) is 0 Å². The van der Waals surface area contributed by atoms with Gasteiger partial charge in [-0.25, -0.2) is 4.79 Å². The number of rotatable bonds is 7. The van der Waals surface area contributed by atoms with Crippen LogP contribution in [0.25, 0.3) is 0 Å². The molecule has 19 heavy (non-hydrogen) atoms. The molecule has 0 saturated heterocycles. The second-order valence-electron chi connectivity index (χ2n) is 3.69. The van der Waals surface area contributed by atoms with E-state index < -0.39 is 17.9 Å². The standard InChI is InChI=1S/C11H19N3O5/c1-3-14(4-2)9(16)7-12-11(19)13-8(15)5-6-10(17)18/h3-7H2,1-2H3,(H,17,18)(H2,12,13,15,19). The largest absolute Gasteiger partial charge is 0.481 e. The zero-order chi connectivity index (χ0) is 14.8. The summed E-state index contributed by atoms with van der Waals surface area (Å²) in [4.78, 5) is 45.6. The Hall–Kier alpha value is -2.12. The summed E-state index contributed by atoms with van der Waals surface area (Å²) < 4.78 is 0. The summed E-state index contributed by atoms with van der Waals surface area (Å²) in [5.41, 5.74) is 0. The Bertz CT molecular complexity index is 352. The van der Waals surface area contributed by atoms with E-state index in [-0.39, 0.29) is 25.3 Å². The quantitative estimate of drug-likeness (QED) is 0.580. The predicted molar refractivity (Wildman–Crippen MR) is 66.3 cm³/mol. The summed E-state index contributed by atoms with van der Waals surface area (Å²) in [5.74, 6) is -2.07. The van der Waals surface area contributed by atoms with Crippen molar-refractivity contribution in [1.29, 1.82) is 0 Å². The van der Waals surface area contributed by atoms with Crippen molar-refractivity contribution in [2.75, 3.05) is 19.6 Å². The number of hydrogen-bond acceptors (Lipinski definition) is 4. The van der Waals surface area contributed by atoms with E-state index in [1.165, 1.54) is 4.90 Å². The van der Waals surface area contributed by atoms with Gasteiger partial charge in [-0.1, -0.05) is 0 Å². The van der Waals surface area contributed by atoms with Gasteiger partial charge in [-0.15, -0.1) is 0 Å². The number of aliphatic carboxylic acids is 1. The van der Waals surface area contributed by atoms with Gasteiger partial charge in [-0.3, -0.25) is 19.7 Å². The topological polar surface area (TPSA) is 116 Å². The van der Waals surface area contributed by atoms with Gasteiger partial charge in [0.2, 0.25) is 11.8 Å². The van der Waals surface area contributed by atoms with E-state index in [0.29, 0.717) is 13.1 Å². The maximum Gasteiger partial charge on any atom is 0.321 e. The fraction of sp³-hybridized carbons (Fsp3) is 0.636. The average Bonchev–Trinajstić information content (AvgIpc) is 2.35. The second-order valence-corrected chi connectivity index (χ2v) is 3.69. The number of carbonyl (C=O) groups excluding carboxylic acids is 3. The third kappa shape index (κ3) is 7.74. The molecule has 0 heterocycles. The number of carboxylic acid groups (broad SMARTS) is 1. The van der Waals surface area contributed by atoms with Gasteiger partial charge in [0.1, 0.15) is 0 Å². The fourth-order valence-corrected chi connectivity index (χ4v) is 1.30. The van der Waals surface area contributed by atoms with Crippen molar-refractivity contribution in [2.45, 2.75) is 26.7 Å². The smallest absolute Gasteiger partial charge is 0.321 e. The molecule has 0 atom stereocenters. The van der Waals surface area contributed by atoms with Gasteiger partial charge in [0, 0.05) is 19.5 Å². The fourth-order valence-electron chi connectivity index (χ4n) is 1.30. The molecule has 0 aromatic rings. The van der Waals surface area contributed by atoms with E-state index in [9.17, 15) is 19.2 Å². The van der Waals surface area contributed by atoms with E-state index in [0.717, 1.165) is 0 Å². The molecule has 0 aliphatic heterocycles. The number of hydrogen-bond donors (Lipinski definition) is 3. The first kappa shape index (κ1) is 16.9. The van der Waals surface area contributed by atoms with Crippen molar-refractivity contribution >= 4 is 23.8 Å². The number of likely N-dealkylation sites (N-methyl/N-ethyl adjacent to an activating group) is 1. The van der Waals surface area contributed by atoms with Gasteiger partial charge in [-0.2, -0.15) is 0 Å². The summed E-state index contributed by atoms with van der Waals surface area (Å²) in [7, 11) is 0. The van der Waals surface area contributed by atoms with Crippen LogP contribution in [0.1, 0.15) is 26.7 Å². The Kier molecular flexibility index (Phi) is 7.90. The van der Waals surface area contributed by atoms with Crippen molar-refractivity contribution in [3.05, 3.63) is 0 Å². The Morgan fingerprint density at radius 2 is 1.63 bits per heavy atom. The molecule has 8 heteroatoms. The molecule has 0 aliphatic rings. The van der Waals surface area contributed by atoms with Crippen molar-refractivity contribution in [3.8, 4) is 0 Å². The van der Waals surface area contributed by atoms with Crippen molar-refractivity contribution in [1.82, 2.24) is 15.5 Å². The highest BCUT2D eigenvalue weighted by atomic mass is 16.4. The number of nitrogens with one attached hydrogen (secondary N) is 2. The predicted octanol–water partition coefficient (Wildman–Crippen LogP) is -0.455. The average molecular weight is 273 g/mol. The molecule has 0 unspecified atom stereocenters. The monoisotopic (exact) mass is 273 g/mol. The lowest BCUT2D eigenvalue weighted by molar-refractivity contribution is -0.138. The van der Waals surface area contributed by atoms with Crippen LogP contribution in [0.5, 0.6) is 0 Å². The van der Waals surface area contributed by atoms with E-state index in [1.54, 1.807) is 0 Å². The lowest BCUT2D eigenvalue weighted by Gasteiger charge is -2.18. The van der Waals surface area contributed by atoms with Crippen LogP contribution in [0, 0.1) is 0 Å². The molecule has 0 fully saturated rings. The van der Waals surface area contributed by atoms with E-state index >= 15 is 0 Å². The van der Waals surface area contributed by atoms with Gasteiger partial charge < -0.3 is 15.3 Å². The Balaban J connectivity index is 3.95. The maximum absolute atomic E-state index is 11.5. The lowest BCUT2D eigenvalue weighted by Crippen LogP contribution is -2.45. The molecule has 3 N–H and O–H groups in total. The number of imide groups is 1. The third-order valence-electron chi connectivity index (χ3n) is 2.34. The zero-order valence-corrected chi connectivity index (χ0v) is 11.1. The first-order chi connectivity index (χ1) is 8.90. The zero-order valence-electron chi connectivity index (χ0n) is 11.1. The van der Waals surface area contributed by atoms with Crippen molar-refractivity contribution in [2.24, 2.45) is 0 Å². The summed E-state index contributed by atoms with van der Waals surface area (Å²) >= 11 is 0. The van der Waals surface area contributed by atoms with Crippen molar-refractivity contribution in [3.63, 3.8) is 0 Å². The van der Waals surface area contributed by atoms with Crippen LogP contribution in [-0.4, -0.2) is 53.5 Å². The summed E-state index contributed by atoms with van der Waals surface area (Å²) in [6.07, 6.45) is -0.635. The SMILES string of the molecule is CCN(CC)C(=O)CNC(=O)NC(=O)CCC(=O)O. The van der Waals surface area contributed by atoms with Crippen LogP contribution in [0.4, 0.5) is 4.79 Å². The maximum atomic E-state index is 11.5. The highest BCUT2D eigenvalue weighted by molar-refractivity contribution is 5.96. The Morgan fingerprint density at radius 3 is 2.11 bits per heavy atom. The van der Waals surface area contributed by atoms with Crippen LogP contribution in [0.3, 0.4) is 0 Å². The van der Waals surface area contributed by atoms with Gasteiger partial charge in [0.05, 0.1) is 13.0 Å². The molecule has 4 amide bonds. The molecule has 0 spiro atoms. The molecule has 108 valence electrons.